The van der Waals surface area contributed by atoms with Crippen LogP contribution >= 0.6 is 0 Å². The smallest absolute Gasteiger partial charge is 0.225 e. The average Bonchev–Trinajstić information content (AvgIpc) is 3.67. The van der Waals surface area contributed by atoms with Crippen LogP contribution in [0, 0.1) is 16.7 Å². The summed E-state index contributed by atoms with van der Waals surface area (Å²) >= 11 is 0. The second-order valence-corrected chi connectivity index (χ2v) is 8.79. The predicted molar refractivity (Wildman–Crippen MR) is 129 cm³/mol. The second kappa shape index (κ2) is 9.59. The molecule has 3 N–H and O–H groups in total. The van der Waals surface area contributed by atoms with Crippen molar-refractivity contribution in [3.8, 4) is 17.2 Å². The monoisotopic (exact) mass is 446 g/mol. The molecule has 2 fully saturated rings. The van der Waals surface area contributed by atoms with E-state index in [1.807, 2.05) is 36.1 Å². The zero-order chi connectivity index (χ0) is 23.5. The van der Waals surface area contributed by atoms with Crippen LogP contribution in [0.15, 0.2) is 24.3 Å². The number of hydrogen-bond acceptors (Lipinski definition) is 7. The number of piperazine rings is 1. The summed E-state index contributed by atoms with van der Waals surface area (Å²) in [5.41, 5.74) is 10.7. The normalized spacial score (nSPS) is 18.2. The molecular weight excluding hydrogens is 416 g/mol. The molecule has 0 spiro atoms. The SMILES string of the molecule is COCCC(=O)N1CCN(c2nc(C3CC3)c(-c3ccc(C=N)c(N)c3)cc2C#N)CC1C. The van der Waals surface area contributed by atoms with E-state index in [2.05, 4.69) is 11.0 Å². The molecule has 1 amide bonds. The Balaban J connectivity index is 1.65. The Morgan fingerprint density at radius 1 is 1.36 bits per heavy atom. The highest BCUT2D eigenvalue weighted by atomic mass is 16.5. The van der Waals surface area contributed by atoms with Crippen LogP contribution in [0.25, 0.3) is 11.1 Å². The number of nitrogens with one attached hydrogen (secondary N) is 1. The van der Waals surface area contributed by atoms with Crippen LogP contribution < -0.4 is 10.6 Å². The van der Waals surface area contributed by atoms with Crippen molar-refractivity contribution in [3.05, 3.63) is 41.1 Å². The first kappa shape index (κ1) is 22.7. The quantitative estimate of drug-likeness (QED) is 0.498. The third-order valence-corrected chi connectivity index (χ3v) is 6.44. The number of rotatable bonds is 7. The molecule has 2 heterocycles. The molecule has 1 aliphatic carbocycles. The van der Waals surface area contributed by atoms with E-state index in [0.29, 0.717) is 61.2 Å². The summed E-state index contributed by atoms with van der Waals surface area (Å²) in [7, 11) is 1.60. The summed E-state index contributed by atoms with van der Waals surface area (Å²) in [6, 6.07) is 9.91. The number of methoxy groups -OCH3 is 1. The summed E-state index contributed by atoms with van der Waals surface area (Å²) in [5.74, 6) is 1.17. The van der Waals surface area contributed by atoms with Gasteiger partial charge in [0.1, 0.15) is 11.9 Å². The van der Waals surface area contributed by atoms with E-state index >= 15 is 0 Å². The maximum atomic E-state index is 12.5. The molecule has 1 aromatic heterocycles. The Labute approximate surface area is 194 Å². The first-order valence-corrected chi connectivity index (χ1v) is 11.4. The number of pyridine rings is 1. The standard InChI is InChI=1S/C25H30N6O2/c1-16-15-30(8-9-31(16)23(32)7-10-33-2)25-20(14-27)11-21(24(29-25)17-3-4-17)18-5-6-19(13-26)22(28)12-18/h5-6,11-13,16-17,26H,3-4,7-10,15,28H2,1-2H3. The fraction of sp³-hybridized carbons (Fsp3) is 0.440. The summed E-state index contributed by atoms with van der Waals surface area (Å²) in [4.78, 5) is 21.5. The minimum Gasteiger partial charge on any atom is -0.398 e. The first-order valence-electron chi connectivity index (χ1n) is 11.4. The Hall–Kier alpha value is -3.44. The van der Waals surface area contributed by atoms with Crippen LogP contribution in [0.1, 0.15) is 48.9 Å². The minimum atomic E-state index is 0.0222. The average molecular weight is 447 g/mol. The molecule has 8 nitrogen and oxygen atoms in total. The van der Waals surface area contributed by atoms with Gasteiger partial charge in [-0.05, 0) is 37.5 Å². The number of ether oxygens (including phenoxy) is 1. The first-order chi connectivity index (χ1) is 16.0. The molecule has 1 saturated carbocycles. The van der Waals surface area contributed by atoms with Crippen molar-refractivity contribution in [3.63, 3.8) is 0 Å². The second-order valence-electron chi connectivity index (χ2n) is 8.79. The summed E-state index contributed by atoms with van der Waals surface area (Å²) < 4.78 is 5.05. The van der Waals surface area contributed by atoms with Crippen LogP contribution in [-0.4, -0.2) is 61.4 Å². The van der Waals surface area contributed by atoms with Crippen LogP contribution in [-0.2, 0) is 9.53 Å². The van der Waals surface area contributed by atoms with E-state index in [0.717, 1.165) is 29.7 Å². The van der Waals surface area contributed by atoms with Crippen molar-refractivity contribution >= 4 is 23.6 Å². The molecule has 0 bridgehead atoms. The van der Waals surface area contributed by atoms with Crippen LogP contribution in [0.3, 0.4) is 0 Å². The van der Waals surface area contributed by atoms with Crippen molar-refractivity contribution in [2.75, 3.05) is 44.0 Å². The molecule has 33 heavy (non-hydrogen) atoms. The van der Waals surface area contributed by atoms with Crippen LogP contribution in [0.4, 0.5) is 11.5 Å². The van der Waals surface area contributed by atoms with E-state index in [1.165, 1.54) is 6.21 Å². The number of nitriles is 1. The number of carbonyl (C=O) groups excluding carboxylic acids is 1. The molecule has 8 heteroatoms. The molecule has 1 saturated heterocycles. The number of hydrogen-bond donors (Lipinski definition) is 2. The highest BCUT2D eigenvalue weighted by Crippen LogP contribution is 2.45. The summed E-state index contributed by atoms with van der Waals surface area (Å²) in [6.45, 7) is 4.31. The van der Waals surface area contributed by atoms with Gasteiger partial charge in [-0.15, -0.1) is 0 Å². The van der Waals surface area contributed by atoms with Crippen molar-refractivity contribution in [1.82, 2.24) is 9.88 Å². The van der Waals surface area contributed by atoms with Gasteiger partial charge in [0.15, 0.2) is 0 Å². The highest BCUT2D eigenvalue weighted by molar-refractivity contribution is 5.87. The lowest BCUT2D eigenvalue weighted by atomic mass is 9.97. The maximum Gasteiger partial charge on any atom is 0.225 e. The van der Waals surface area contributed by atoms with E-state index in [1.54, 1.807) is 7.11 Å². The number of nitrogens with two attached hydrogens (primary N) is 1. The highest BCUT2D eigenvalue weighted by Gasteiger charge is 2.33. The Bertz CT molecular complexity index is 1100. The molecule has 1 atom stereocenters. The summed E-state index contributed by atoms with van der Waals surface area (Å²) in [6.07, 6.45) is 3.78. The van der Waals surface area contributed by atoms with Gasteiger partial charge in [0.25, 0.3) is 0 Å². The molecule has 1 aromatic carbocycles. The van der Waals surface area contributed by atoms with Crippen molar-refractivity contribution in [1.29, 1.82) is 10.7 Å². The van der Waals surface area contributed by atoms with E-state index in [9.17, 15) is 10.1 Å². The molecule has 1 aliphatic heterocycles. The van der Waals surface area contributed by atoms with Gasteiger partial charge in [-0.3, -0.25) is 4.79 Å². The van der Waals surface area contributed by atoms with Gasteiger partial charge in [0.05, 0.1) is 24.3 Å². The van der Waals surface area contributed by atoms with Gasteiger partial charge < -0.3 is 25.7 Å². The van der Waals surface area contributed by atoms with Gasteiger partial charge in [-0.2, -0.15) is 5.26 Å². The third-order valence-electron chi connectivity index (χ3n) is 6.44. The predicted octanol–water partition coefficient (Wildman–Crippen LogP) is 3.15. The van der Waals surface area contributed by atoms with Gasteiger partial charge >= 0.3 is 0 Å². The van der Waals surface area contributed by atoms with E-state index < -0.39 is 0 Å². The lowest BCUT2D eigenvalue weighted by Crippen LogP contribution is -2.54. The number of carbonyl (C=O) groups is 1. The molecule has 4 rings (SSSR count). The lowest BCUT2D eigenvalue weighted by Gasteiger charge is -2.41. The van der Waals surface area contributed by atoms with Crippen molar-refractivity contribution < 1.29 is 9.53 Å². The van der Waals surface area contributed by atoms with Gasteiger partial charge in [-0.1, -0.05) is 12.1 Å². The van der Waals surface area contributed by atoms with Gasteiger partial charge in [0.2, 0.25) is 5.91 Å². The number of aromatic nitrogens is 1. The van der Waals surface area contributed by atoms with Crippen LogP contribution in [0.2, 0.25) is 0 Å². The zero-order valence-corrected chi connectivity index (χ0v) is 19.2. The third kappa shape index (κ3) is 4.69. The Morgan fingerprint density at radius 2 is 2.15 bits per heavy atom. The fourth-order valence-corrected chi connectivity index (χ4v) is 4.47. The minimum absolute atomic E-state index is 0.0222. The van der Waals surface area contributed by atoms with Crippen molar-refractivity contribution in [2.45, 2.75) is 38.1 Å². The maximum absolute atomic E-state index is 12.5. The molecule has 2 aliphatic rings. The van der Waals surface area contributed by atoms with Gasteiger partial charge in [-0.25, -0.2) is 4.98 Å². The molecule has 172 valence electrons. The number of nitrogen functional groups attached to an aromatic ring is 1. The number of benzene rings is 1. The number of amides is 1. The van der Waals surface area contributed by atoms with Crippen LogP contribution in [0.5, 0.6) is 0 Å². The van der Waals surface area contributed by atoms with E-state index in [4.69, 9.17) is 20.9 Å². The van der Waals surface area contributed by atoms with E-state index in [-0.39, 0.29) is 11.9 Å². The Kier molecular flexibility index (Phi) is 6.61. The van der Waals surface area contributed by atoms with Crippen molar-refractivity contribution in [2.24, 2.45) is 0 Å². The number of anilines is 2. The fourth-order valence-electron chi connectivity index (χ4n) is 4.47. The molecule has 1 unspecified atom stereocenters. The largest absolute Gasteiger partial charge is 0.398 e. The Morgan fingerprint density at radius 3 is 2.76 bits per heavy atom. The van der Waals surface area contributed by atoms with Gasteiger partial charge in [0, 0.05) is 61.7 Å². The zero-order valence-electron chi connectivity index (χ0n) is 19.2. The molecule has 2 aromatic rings. The number of nitrogens with zero attached hydrogens (tertiary/aromatic N) is 4. The molecular formula is C25H30N6O2. The molecule has 0 radical (unpaired) electrons. The summed E-state index contributed by atoms with van der Waals surface area (Å²) in [5, 5.41) is 17.4. The topological polar surface area (TPSA) is 119 Å². The lowest BCUT2D eigenvalue weighted by molar-refractivity contribution is -0.134.